The van der Waals surface area contributed by atoms with Gasteiger partial charge in [0.05, 0.1) is 11.5 Å². The second-order valence-corrected chi connectivity index (χ2v) is 8.79. The molecule has 2 atom stereocenters. The molecule has 1 heterocycles. The third-order valence-corrected chi connectivity index (χ3v) is 6.61. The van der Waals surface area contributed by atoms with Crippen molar-refractivity contribution in [2.45, 2.75) is 58.9 Å². The number of aryl methyl sites for hydroxylation is 1. The molecule has 1 N–H and O–H groups in total. The van der Waals surface area contributed by atoms with Crippen molar-refractivity contribution in [3.63, 3.8) is 0 Å². The number of β-lactam (4-membered cyclic amide) rings is 1. The van der Waals surface area contributed by atoms with E-state index in [9.17, 15) is 14.4 Å². The number of hydrogen-bond donors (Lipinski definition) is 1. The van der Waals surface area contributed by atoms with Crippen LogP contribution in [0.5, 0.6) is 0 Å². The van der Waals surface area contributed by atoms with Gasteiger partial charge in [0.15, 0.2) is 6.23 Å². The van der Waals surface area contributed by atoms with E-state index >= 15 is 0 Å². The van der Waals surface area contributed by atoms with E-state index in [1.165, 1.54) is 0 Å². The standard InChI is InChI=1S/C28H34N2O5/c1-5-11-23(22-16-14-20(4)15-17-22)29-27(33)30-25(32)28(6-2,7-3)26(30)35-19-24(31)34-18-21-12-9-8-10-13-21/h5,8-10,12-17,23,26H,1,6-7,11,18-19H2,2-4H3,(H,29,33). The molecule has 186 valence electrons. The zero-order chi connectivity index (χ0) is 25.4. The van der Waals surface area contributed by atoms with Gasteiger partial charge in [0.2, 0.25) is 5.91 Å². The van der Waals surface area contributed by atoms with Gasteiger partial charge in [0.1, 0.15) is 13.2 Å². The molecule has 3 rings (SSSR count). The van der Waals surface area contributed by atoms with Gasteiger partial charge in [-0.3, -0.25) is 4.79 Å². The quantitative estimate of drug-likeness (QED) is 0.277. The zero-order valence-corrected chi connectivity index (χ0v) is 20.7. The van der Waals surface area contributed by atoms with E-state index < -0.39 is 23.6 Å². The van der Waals surface area contributed by atoms with Gasteiger partial charge >= 0.3 is 12.0 Å². The number of hydrogen-bond acceptors (Lipinski definition) is 5. The number of likely N-dealkylation sites (tertiary alicyclic amines) is 1. The predicted molar refractivity (Wildman–Crippen MR) is 133 cm³/mol. The molecule has 0 aliphatic carbocycles. The molecule has 7 nitrogen and oxygen atoms in total. The molecule has 7 heteroatoms. The second kappa shape index (κ2) is 11.8. The third kappa shape index (κ3) is 5.80. The summed E-state index contributed by atoms with van der Waals surface area (Å²) in [6.45, 7) is 9.32. The average molecular weight is 479 g/mol. The predicted octanol–water partition coefficient (Wildman–Crippen LogP) is 5.06. The van der Waals surface area contributed by atoms with E-state index in [2.05, 4.69) is 11.9 Å². The van der Waals surface area contributed by atoms with Crippen molar-refractivity contribution >= 4 is 17.9 Å². The van der Waals surface area contributed by atoms with E-state index in [1.54, 1.807) is 6.08 Å². The summed E-state index contributed by atoms with van der Waals surface area (Å²) < 4.78 is 11.1. The zero-order valence-electron chi connectivity index (χ0n) is 20.7. The first-order valence-corrected chi connectivity index (χ1v) is 12.0. The van der Waals surface area contributed by atoms with Crippen LogP contribution in [0.15, 0.2) is 67.3 Å². The lowest BCUT2D eigenvalue weighted by atomic mass is 9.72. The fourth-order valence-corrected chi connectivity index (χ4v) is 4.36. The highest BCUT2D eigenvalue weighted by Gasteiger charge is 2.62. The lowest BCUT2D eigenvalue weighted by molar-refractivity contribution is -0.214. The van der Waals surface area contributed by atoms with Crippen LogP contribution < -0.4 is 5.32 Å². The Labute approximate surface area is 207 Å². The lowest BCUT2D eigenvalue weighted by Crippen LogP contribution is -2.72. The van der Waals surface area contributed by atoms with Gasteiger partial charge in [-0.05, 0) is 37.3 Å². The Balaban J connectivity index is 1.68. The lowest BCUT2D eigenvalue weighted by Gasteiger charge is -2.53. The van der Waals surface area contributed by atoms with Crippen molar-refractivity contribution in [3.05, 3.63) is 83.9 Å². The first kappa shape index (κ1) is 26.2. The minimum absolute atomic E-state index is 0.128. The summed E-state index contributed by atoms with van der Waals surface area (Å²) in [5.74, 6) is -0.859. The van der Waals surface area contributed by atoms with E-state index in [0.717, 1.165) is 21.6 Å². The normalized spacial score (nSPS) is 17.3. The maximum Gasteiger partial charge on any atom is 0.332 e. The molecule has 1 fully saturated rings. The van der Waals surface area contributed by atoms with Crippen LogP contribution in [-0.4, -0.2) is 35.6 Å². The van der Waals surface area contributed by atoms with Crippen LogP contribution in [0.1, 0.15) is 55.8 Å². The van der Waals surface area contributed by atoms with Crippen molar-refractivity contribution in [1.29, 1.82) is 0 Å². The number of urea groups is 1. The summed E-state index contributed by atoms with van der Waals surface area (Å²) >= 11 is 0. The fourth-order valence-electron chi connectivity index (χ4n) is 4.36. The Morgan fingerprint density at radius 3 is 2.37 bits per heavy atom. The second-order valence-electron chi connectivity index (χ2n) is 8.79. The van der Waals surface area contributed by atoms with Crippen molar-refractivity contribution in [1.82, 2.24) is 10.2 Å². The number of amides is 3. The van der Waals surface area contributed by atoms with E-state index in [0.29, 0.717) is 19.3 Å². The monoisotopic (exact) mass is 478 g/mol. The molecule has 3 amide bonds. The van der Waals surface area contributed by atoms with Crippen LogP contribution in [-0.2, 0) is 25.7 Å². The number of nitrogens with zero attached hydrogens (tertiary/aromatic N) is 1. The summed E-state index contributed by atoms with van der Waals surface area (Å²) in [6, 6.07) is 16.3. The molecule has 1 saturated heterocycles. The number of esters is 1. The summed E-state index contributed by atoms with van der Waals surface area (Å²) in [5, 5.41) is 2.94. The molecule has 0 radical (unpaired) electrons. The van der Waals surface area contributed by atoms with Crippen LogP contribution in [0.2, 0.25) is 0 Å². The van der Waals surface area contributed by atoms with Gasteiger partial charge in [0, 0.05) is 0 Å². The van der Waals surface area contributed by atoms with Crippen LogP contribution in [0.25, 0.3) is 0 Å². The number of imide groups is 1. The molecular weight excluding hydrogens is 444 g/mol. The van der Waals surface area contributed by atoms with Crippen molar-refractivity contribution in [3.8, 4) is 0 Å². The highest BCUT2D eigenvalue weighted by Crippen LogP contribution is 2.46. The highest BCUT2D eigenvalue weighted by atomic mass is 16.6. The van der Waals surface area contributed by atoms with Gasteiger partial charge in [-0.15, -0.1) is 6.58 Å². The molecule has 2 unspecified atom stereocenters. The highest BCUT2D eigenvalue weighted by molar-refractivity contribution is 6.03. The Morgan fingerprint density at radius 1 is 1.11 bits per heavy atom. The molecule has 0 bridgehead atoms. The topological polar surface area (TPSA) is 84.9 Å². The van der Waals surface area contributed by atoms with Crippen LogP contribution in [0, 0.1) is 12.3 Å². The Kier molecular flexibility index (Phi) is 8.82. The number of carbonyl (C=O) groups is 3. The molecular formula is C28H34N2O5. The molecule has 0 aromatic heterocycles. The Hall–Kier alpha value is -3.45. The van der Waals surface area contributed by atoms with E-state index in [4.69, 9.17) is 9.47 Å². The van der Waals surface area contributed by atoms with Crippen LogP contribution >= 0.6 is 0 Å². The summed E-state index contributed by atoms with van der Waals surface area (Å²) in [5.41, 5.74) is 2.03. The summed E-state index contributed by atoms with van der Waals surface area (Å²) in [6.07, 6.45) is 2.35. The SMILES string of the molecule is C=CCC(NC(=O)N1C(=O)C(CC)(CC)C1OCC(=O)OCc1ccccc1)c1ccc(C)cc1. The largest absolute Gasteiger partial charge is 0.459 e. The smallest absolute Gasteiger partial charge is 0.332 e. The summed E-state index contributed by atoms with van der Waals surface area (Å²) in [4.78, 5) is 39.7. The molecule has 2 aromatic rings. The number of ether oxygens (including phenoxy) is 2. The molecule has 35 heavy (non-hydrogen) atoms. The first-order valence-electron chi connectivity index (χ1n) is 12.0. The van der Waals surface area contributed by atoms with Crippen LogP contribution in [0.4, 0.5) is 4.79 Å². The molecule has 1 aliphatic rings. The number of benzene rings is 2. The van der Waals surface area contributed by atoms with Crippen molar-refractivity contribution in [2.75, 3.05) is 6.61 Å². The Bertz CT molecular complexity index is 1030. The Morgan fingerprint density at radius 2 is 1.77 bits per heavy atom. The maximum absolute atomic E-state index is 13.2. The number of carbonyl (C=O) groups excluding carboxylic acids is 3. The van der Waals surface area contributed by atoms with Crippen molar-refractivity contribution < 1.29 is 23.9 Å². The average Bonchev–Trinajstić information content (AvgIpc) is 2.87. The molecule has 0 spiro atoms. The third-order valence-electron chi connectivity index (χ3n) is 6.61. The van der Waals surface area contributed by atoms with Gasteiger partial charge in [-0.2, -0.15) is 0 Å². The maximum atomic E-state index is 13.2. The van der Waals surface area contributed by atoms with Crippen molar-refractivity contribution in [2.24, 2.45) is 5.41 Å². The van der Waals surface area contributed by atoms with Gasteiger partial charge in [0.25, 0.3) is 0 Å². The number of rotatable bonds is 11. The van der Waals surface area contributed by atoms with E-state index in [-0.39, 0.29) is 25.2 Å². The molecule has 1 aliphatic heterocycles. The molecule has 2 aromatic carbocycles. The number of nitrogens with one attached hydrogen (secondary N) is 1. The summed E-state index contributed by atoms with van der Waals surface area (Å²) in [7, 11) is 0. The van der Waals surface area contributed by atoms with Gasteiger partial charge in [-0.25, -0.2) is 14.5 Å². The molecule has 0 saturated carbocycles. The van der Waals surface area contributed by atoms with Gasteiger partial charge in [-0.1, -0.05) is 80.1 Å². The van der Waals surface area contributed by atoms with Gasteiger partial charge < -0.3 is 14.8 Å². The minimum atomic E-state index is -0.852. The minimum Gasteiger partial charge on any atom is -0.459 e. The van der Waals surface area contributed by atoms with Crippen LogP contribution in [0.3, 0.4) is 0 Å². The fraction of sp³-hybridized carbons (Fsp3) is 0.393. The van der Waals surface area contributed by atoms with E-state index in [1.807, 2.05) is 75.4 Å². The first-order chi connectivity index (χ1) is 16.9.